The highest BCUT2D eigenvalue weighted by Crippen LogP contribution is 2.32. The van der Waals surface area contributed by atoms with Gasteiger partial charge in [-0.05, 0) is 75.1 Å². The number of halogens is 3. The predicted octanol–water partition coefficient (Wildman–Crippen LogP) is 9.85. The summed E-state index contributed by atoms with van der Waals surface area (Å²) in [6.07, 6.45) is 17.9. The molecule has 10 heteroatoms. The van der Waals surface area contributed by atoms with E-state index in [2.05, 4.69) is 22.3 Å². The summed E-state index contributed by atoms with van der Waals surface area (Å²) < 4.78 is 3.08. The van der Waals surface area contributed by atoms with Crippen LogP contribution in [0.2, 0.25) is 15.1 Å². The molecule has 0 unspecified atom stereocenters. The zero-order chi connectivity index (χ0) is 33.1. The zero-order valence-electron chi connectivity index (χ0n) is 27.0. The maximum absolute atomic E-state index is 13.9. The zero-order valence-corrected chi connectivity index (χ0v) is 29.2. The lowest BCUT2D eigenvalue weighted by Gasteiger charge is -2.11. The van der Waals surface area contributed by atoms with E-state index < -0.39 is 0 Å². The molecule has 0 saturated heterocycles. The molecule has 246 valence electrons. The molecule has 0 aliphatic rings. The Kier molecular flexibility index (Phi) is 13.6. The molecule has 0 atom stereocenters. The molecule has 0 fully saturated rings. The molecule has 7 nitrogen and oxygen atoms in total. The van der Waals surface area contributed by atoms with Gasteiger partial charge in [0, 0.05) is 21.8 Å². The third-order valence-corrected chi connectivity index (χ3v) is 8.65. The summed E-state index contributed by atoms with van der Waals surface area (Å²) in [5.74, 6) is 0.322. The average molecular weight is 685 g/mol. The van der Waals surface area contributed by atoms with Crippen molar-refractivity contribution in [2.75, 3.05) is 5.32 Å². The number of pyridine rings is 1. The van der Waals surface area contributed by atoms with E-state index in [9.17, 15) is 9.90 Å². The van der Waals surface area contributed by atoms with E-state index in [-0.39, 0.29) is 21.5 Å². The van der Waals surface area contributed by atoms with Gasteiger partial charge in [0.15, 0.2) is 12.4 Å². The topological polar surface area (TPSA) is 89.1 Å². The van der Waals surface area contributed by atoms with Crippen LogP contribution in [0.25, 0.3) is 11.4 Å². The first-order valence-electron chi connectivity index (χ1n) is 16.3. The molecule has 2 aromatic heterocycles. The first-order valence-corrected chi connectivity index (χ1v) is 17.4. The number of hydrogen-bond acceptors (Lipinski definition) is 4. The van der Waals surface area contributed by atoms with Gasteiger partial charge < -0.3 is 10.4 Å². The van der Waals surface area contributed by atoms with Gasteiger partial charge in [-0.1, -0.05) is 106 Å². The normalized spacial score (nSPS) is 11.7. The van der Waals surface area contributed by atoms with Crippen molar-refractivity contribution in [2.24, 2.45) is 4.99 Å². The number of aromatic nitrogens is 3. The minimum absolute atomic E-state index is 0.108. The summed E-state index contributed by atoms with van der Waals surface area (Å²) in [6, 6.07) is 12.3. The second kappa shape index (κ2) is 17.6. The van der Waals surface area contributed by atoms with Gasteiger partial charge >= 0.3 is 11.2 Å². The monoisotopic (exact) mass is 683 g/mol. The number of H-pyrrole nitrogens is 1. The van der Waals surface area contributed by atoms with Gasteiger partial charge in [0.2, 0.25) is 5.82 Å². The molecule has 2 N–H and O–H groups in total. The first kappa shape index (κ1) is 35.6. The fourth-order valence-electron chi connectivity index (χ4n) is 5.60. The molecule has 4 aromatic rings. The van der Waals surface area contributed by atoms with Crippen LogP contribution in [0.3, 0.4) is 0 Å². The molecule has 0 aliphatic heterocycles. The molecule has 2 aromatic carbocycles. The van der Waals surface area contributed by atoms with Gasteiger partial charge in [-0.15, -0.1) is 0 Å². The maximum atomic E-state index is 13.9. The Morgan fingerprint density at radius 1 is 0.848 bits per heavy atom. The van der Waals surface area contributed by atoms with Crippen LogP contribution < -0.4 is 20.5 Å². The Morgan fingerprint density at radius 3 is 1.96 bits per heavy atom. The van der Waals surface area contributed by atoms with Crippen LogP contribution in [0.1, 0.15) is 95.1 Å². The van der Waals surface area contributed by atoms with E-state index in [0.717, 1.165) is 24.0 Å². The second-order valence-corrected chi connectivity index (χ2v) is 13.2. The number of aliphatic imine (C=N–C) groups is 1. The molecular weight excluding hydrogens is 641 g/mol. The summed E-state index contributed by atoms with van der Waals surface area (Å²) in [4.78, 5) is 18.1. The molecular formula is C36H44Cl3N5O2. The Balaban J connectivity index is 1.42. The molecule has 0 saturated carbocycles. The van der Waals surface area contributed by atoms with E-state index in [1.54, 1.807) is 16.7 Å². The minimum Gasteiger partial charge on any atom is -0.862 e. The van der Waals surface area contributed by atoms with Crippen LogP contribution in [0, 0.1) is 13.8 Å². The molecule has 0 bridgehead atoms. The number of rotatable bonds is 17. The summed E-state index contributed by atoms with van der Waals surface area (Å²) in [5, 5.41) is 19.8. The number of unbranched alkanes of at least 4 members (excludes halogenated alkanes) is 10. The number of benzene rings is 2. The number of nitrogens with one attached hydrogen (secondary N) is 2. The summed E-state index contributed by atoms with van der Waals surface area (Å²) in [6.45, 7) is 6.18. The highest BCUT2D eigenvalue weighted by Gasteiger charge is 2.27. The van der Waals surface area contributed by atoms with Crippen LogP contribution in [-0.4, -0.2) is 15.7 Å². The fourth-order valence-corrected chi connectivity index (χ4v) is 6.59. The van der Waals surface area contributed by atoms with Crippen molar-refractivity contribution in [3.05, 3.63) is 91.4 Å². The van der Waals surface area contributed by atoms with Crippen LogP contribution in [0.5, 0.6) is 0 Å². The van der Waals surface area contributed by atoms with Crippen LogP contribution in [0.4, 0.5) is 17.2 Å². The number of aryl methyl sites for hydroxylation is 2. The smallest absolute Gasteiger partial charge is 0.346 e. The molecule has 0 spiro atoms. The van der Waals surface area contributed by atoms with Crippen molar-refractivity contribution in [2.45, 2.75) is 97.8 Å². The van der Waals surface area contributed by atoms with E-state index >= 15 is 0 Å². The number of nitrogens with zero attached hydrogens (tertiary/aromatic N) is 3. The van der Waals surface area contributed by atoms with Crippen LogP contribution in [-0.2, 0) is 0 Å². The Hall–Kier alpha value is -3.26. The Morgan fingerprint density at radius 2 is 1.39 bits per heavy atom. The largest absolute Gasteiger partial charge is 0.862 e. The quantitative estimate of drug-likeness (QED) is 0.0502. The van der Waals surface area contributed by atoms with Gasteiger partial charge in [-0.3, -0.25) is 14.9 Å². The van der Waals surface area contributed by atoms with Crippen molar-refractivity contribution in [3.63, 3.8) is 0 Å². The molecule has 46 heavy (non-hydrogen) atoms. The lowest BCUT2D eigenvalue weighted by atomic mass is 10.1. The van der Waals surface area contributed by atoms with E-state index in [1.165, 1.54) is 74.6 Å². The van der Waals surface area contributed by atoms with E-state index in [1.807, 2.05) is 44.4 Å². The van der Waals surface area contributed by atoms with E-state index in [4.69, 9.17) is 34.8 Å². The van der Waals surface area contributed by atoms with Crippen LogP contribution in [0.15, 0.2) is 64.6 Å². The lowest BCUT2D eigenvalue weighted by molar-refractivity contribution is -0.596. The molecule has 0 aliphatic carbocycles. The minimum atomic E-state index is -0.358. The predicted molar refractivity (Wildman–Crippen MR) is 190 cm³/mol. The average Bonchev–Trinajstić information content (AvgIpc) is 3.30. The van der Waals surface area contributed by atoms with Gasteiger partial charge in [0.25, 0.3) is 0 Å². The highest BCUT2D eigenvalue weighted by molar-refractivity contribution is 6.40. The third-order valence-electron chi connectivity index (χ3n) is 7.85. The van der Waals surface area contributed by atoms with Crippen molar-refractivity contribution < 1.29 is 9.67 Å². The van der Waals surface area contributed by atoms with E-state index in [0.29, 0.717) is 40.0 Å². The number of anilines is 2. The Bertz CT molecular complexity index is 1630. The molecule has 2 heterocycles. The van der Waals surface area contributed by atoms with Crippen LogP contribution >= 0.6 is 34.8 Å². The second-order valence-electron chi connectivity index (χ2n) is 12.0. The highest BCUT2D eigenvalue weighted by atomic mass is 35.5. The van der Waals surface area contributed by atoms with Gasteiger partial charge in [0.1, 0.15) is 5.69 Å². The van der Waals surface area contributed by atoms with Crippen molar-refractivity contribution >= 4 is 57.9 Å². The van der Waals surface area contributed by atoms with Gasteiger partial charge in [-0.25, -0.2) is 4.68 Å². The fraction of sp³-hybridized carbons (Fsp3) is 0.417. The molecule has 0 amide bonds. The summed E-state index contributed by atoms with van der Waals surface area (Å²) in [5.41, 5.74) is 3.56. The number of aromatic amines is 1. The van der Waals surface area contributed by atoms with Gasteiger partial charge in [0.05, 0.1) is 15.7 Å². The molecule has 0 radical (unpaired) electrons. The number of hydrogen-bond donors (Lipinski definition) is 2. The van der Waals surface area contributed by atoms with Crippen molar-refractivity contribution in [1.29, 1.82) is 0 Å². The summed E-state index contributed by atoms with van der Waals surface area (Å²) in [7, 11) is 0. The Labute approximate surface area is 287 Å². The molecule has 4 rings (SSSR count). The summed E-state index contributed by atoms with van der Waals surface area (Å²) >= 11 is 19.1. The third kappa shape index (κ3) is 10.1. The maximum Gasteiger partial charge on any atom is 0.346 e. The van der Waals surface area contributed by atoms with Gasteiger partial charge in [-0.2, -0.15) is 4.57 Å². The van der Waals surface area contributed by atoms with Crippen molar-refractivity contribution in [1.82, 2.24) is 9.78 Å². The first-order chi connectivity index (χ1) is 22.2. The lowest BCUT2D eigenvalue weighted by Crippen LogP contribution is -2.37. The SMILES string of the molecule is CCCCCCCCCCCCCC([O-])=Nc1ccc(Nc2[nH]n(-c3c(Cl)cc(Cl)cc3Cl)c(=O)c2-[n+]2cc(C)cc(C)c2)cc1. The standard InChI is InChI=1S/C36H44Cl3N5O2/c1-4-5-6-7-8-9-10-11-12-13-14-15-32(45)40-28-16-18-29(19-17-28)41-35-34(43-23-25(2)20-26(3)24-43)36(46)44(42-35)33-30(38)21-27(37)22-31(33)39/h16-24H,4-15H2,1-3H3,(H2-,40,41,42,45,46). The van der Waals surface area contributed by atoms with Crippen molar-refractivity contribution in [3.8, 4) is 11.4 Å².